The molecule has 2 aromatic rings. The van der Waals surface area contributed by atoms with Crippen molar-refractivity contribution in [1.29, 1.82) is 0 Å². The Morgan fingerprint density at radius 2 is 1.81 bits per heavy atom. The standard InChI is InChI=1S/C13H13ClN4O2S/c14-11-4-1-2-5-12(11)21(19,20)18-8-10(9-18)17-13-15-6-3-7-16-13/h1-7,10H,8-9H2,(H,15,16,17). The quantitative estimate of drug-likeness (QED) is 0.925. The van der Waals surface area contributed by atoms with Crippen LogP contribution in [0.2, 0.25) is 5.02 Å². The molecule has 0 aliphatic carbocycles. The van der Waals surface area contributed by atoms with Crippen molar-refractivity contribution < 1.29 is 8.42 Å². The largest absolute Gasteiger partial charge is 0.349 e. The van der Waals surface area contributed by atoms with Gasteiger partial charge in [0, 0.05) is 25.5 Å². The molecular formula is C13H13ClN4O2S. The van der Waals surface area contributed by atoms with Gasteiger partial charge in [-0.3, -0.25) is 0 Å². The molecule has 0 amide bonds. The maximum Gasteiger partial charge on any atom is 0.244 e. The van der Waals surface area contributed by atoms with E-state index >= 15 is 0 Å². The number of nitrogens with one attached hydrogen (secondary N) is 1. The van der Waals surface area contributed by atoms with Crippen molar-refractivity contribution in [3.05, 3.63) is 47.7 Å². The third-order valence-electron chi connectivity index (χ3n) is 3.20. The van der Waals surface area contributed by atoms with Gasteiger partial charge < -0.3 is 5.32 Å². The molecule has 1 aliphatic rings. The molecule has 0 unspecified atom stereocenters. The van der Waals surface area contributed by atoms with Gasteiger partial charge in [0.15, 0.2) is 0 Å². The van der Waals surface area contributed by atoms with Crippen molar-refractivity contribution in [2.75, 3.05) is 18.4 Å². The highest BCUT2D eigenvalue weighted by Gasteiger charge is 2.37. The lowest BCUT2D eigenvalue weighted by Crippen LogP contribution is -2.57. The highest BCUT2D eigenvalue weighted by molar-refractivity contribution is 7.89. The molecule has 110 valence electrons. The zero-order chi connectivity index (χ0) is 14.9. The van der Waals surface area contributed by atoms with E-state index in [0.29, 0.717) is 19.0 Å². The van der Waals surface area contributed by atoms with E-state index in [0.717, 1.165) is 0 Å². The van der Waals surface area contributed by atoms with E-state index < -0.39 is 10.0 Å². The van der Waals surface area contributed by atoms with Gasteiger partial charge in [-0.05, 0) is 18.2 Å². The number of hydrogen-bond acceptors (Lipinski definition) is 5. The summed E-state index contributed by atoms with van der Waals surface area (Å²) in [5.74, 6) is 0.497. The molecule has 3 rings (SSSR count). The second kappa shape index (κ2) is 5.59. The number of halogens is 1. The fraction of sp³-hybridized carbons (Fsp3) is 0.231. The summed E-state index contributed by atoms with van der Waals surface area (Å²) in [6.45, 7) is 0.734. The van der Waals surface area contributed by atoms with Crippen LogP contribution in [0.25, 0.3) is 0 Å². The van der Waals surface area contributed by atoms with Crippen LogP contribution in [0.5, 0.6) is 0 Å². The Kier molecular flexibility index (Phi) is 3.79. The zero-order valence-electron chi connectivity index (χ0n) is 11.0. The molecule has 0 radical (unpaired) electrons. The van der Waals surface area contributed by atoms with Crippen molar-refractivity contribution in [1.82, 2.24) is 14.3 Å². The first-order valence-electron chi connectivity index (χ1n) is 6.35. The van der Waals surface area contributed by atoms with Crippen LogP contribution in [-0.4, -0.2) is 41.8 Å². The highest BCUT2D eigenvalue weighted by atomic mass is 35.5. The van der Waals surface area contributed by atoms with Gasteiger partial charge in [-0.2, -0.15) is 4.31 Å². The van der Waals surface area contributed by atoms with Gasteiger partial charge in [0.25, 0.3) is 0 Å². The first kappa shape index (κ1) is 14.2. The molecule has 21 heavy (non-hydrogen) atoms. The van der Waals surface area contributed by atoms with Crippen LogP contribution in [0.3, 0.4) is 0 Å². The van der Waals surface area contributed by atoms with Crippen molar-refractivity contribution in [3.8, 4) is 0 Å². The highest BCUT2D eigenvalue weighted by Crippen LogP contribution is 2.27. The predicted molar refractivity (Wildman–Crippen MR) is 79.7 cm³/mol. The van der Waals surface area contributed by atoms with E-state index in [1.54, 1.807) is 36.7 Å². The maximum atomic E-state index is 12.4. The Bertz CT molecular complexity index is 733. The van der Waals surface area contributed by atoms with Gasteiger partial charge in [-0.1, -0.05) is 23.7 Å². The molecule has 2 heterocycles. The zero-order valence-corrected chi connectivity index (χ0v) is 12.5. The maximum absolute atomic E-state index is 12.4. The van der Waals surface area contributed by atoms with E-state index in [1.807, 2.05) is 0 Å². The summed E-state index contributed by atoms with van der Waals surface area (Å²) < 4.78 is 26.2. The Balaban J connectivity index is 1.67. The number of anilines is 1. The minimum absolute atomic E-state index is 0.00432. The number of benzene rings is 1. The Morgan fingerprint density at radius 3 is 2.48 bits per heavy atom. The summed E-state index contributed by atoms with van der Waals surface area (Å²) in [7, 11) is -3.54. The topological polar surface area (TPSA) is 75.2 Å². The van der Waals surface area contributed by atoms with Gasteiger partial charge >= 0.3 is 0 Å². The van der Waals surface area contributed by atoms with Crippen LogP contribution in [-0.2, 0) is 10.0 Å². The van der Waals surface area contributed by atoms with Gasteiger partial charge in [-0.15, -0.1) is 0 Å². The summed E-state index contributed by atoms with van der Waals surface area (Å²) in [5.41, 5.74) is 0. The molecule has 1 aliphatic heterocycles. The average Bonchev–Trinajstić information content (AvgIpc) is 2.43. The van der Waals surface area contributed by atoms with E-state index in [-0.39, 0.29) is 16.0 Å². The smallest absolute Gasteiger partial charge is 0.244 e. The second-order valence-corrected chi connectivity index (χ2v) is 6.98. The van der Waals surface area contributed by atoms with E-state index in [1.165, 1.54) is 10.4 Å². The van der Waals surface area contributed by atoms with Gasteiger partial charge in [0.2, 0.25) is 16.0 Å². The van der Waals surface area contributed by atoms with Crippen molar-refractivity contribution in [2.24, 2.45) is 0 Å². The minimum Gasteiger partial charge on any atom is -0.349 e. The molecule has 8 heteroatoms. The Morgan fingerprint density at radius 1 is 1.14 bits per heavy atom. The molecule has 0 bridgehead atoms. The molecule has 1 N–H and O–H groups in total. The molecular weight excluding hydrogens is 312 g/mol. The predicted octanol–water partition coefficient (Wildman–Crippen LogP) is 1.61. The second-order valence-electron chi connectivity index (χ2n) is 4.67. The summed E-state index contributed by atoms with van der Waals surface area (Å²) >= 11 is 5.96. The minimum atomic E-state index is -3.54. The molecule has 0 spiro atoms. The molecule has 0 atom stereocenters. The lowest BCUT2D eigenvalue weighted by atomic mass is 10.2. The first-order chi connectivity index (χ1) is 10.1. The lowest BCUT2D eigenvalue weighted by Gasteiger charge is -2.38. The van der Waals surface area contributed by atoms with Crippen LogP contribution >= 0.6 is 11.6 Å². The molecule has 1 aromatic heterocycles. The van der Waals surface area contributed by atoms with Crippen molar-refractivity contribution >= 4 is 27.6 Å². The average molecular weight is 325 g/mol. The van der Waals surface area contributed by atoms with Crippen LogP contribution in [0.4, 0.5) is 5.95 Å². The van der Waals surface area contributed by atoms with Crippen LogP contribution in [0, 0.1) is 0 Å². The van der Waals surface area contributed by atoms with Crippen molar-refractivity contribution in [3.63, 3.8) is 0 Å². The van der Waals surface area contributed by atoms with Crippen LogP contribution < -0.4 is 5.32 Å². The summed E-state index contributed by atoms with van der Waals surface area (Å²) in [5, 5.41) is 3.32. The van der Waals surface area contributed by atoms with Crippen LogP contribution in [0.15, 0.2) is 47.6 Å². The normalized spacial score (nSPS) is 16.4. The lowest BCUT2D eigenvalue weighted by molar-refractivity contribution is 0.280. The van der Waals surface area contributed by atoms with Gasteiger partial charge in [0.1, 0.15) is 4.90 Å². The number of nitrogens with zero attached hydrogens (tertiary/aromatic N) is 3. The molecule has 1 saturated heterocycles. The third kappa shape index (κ3) is 2.85. The van der Waals surface area contributed by atoms with E-state index in [9.17, 15) is 8.42 Å². The third-order valence-corrected chi connectivity index (χ3v) is 5.53. The Labute approximate surface area is 127 Å². The van der Waals surface area contributed by atoms with E-state index in [2.05, 4.69) is 15.3 Å². The first-order valence-corrected chi connectivity index (χ1v) is 8.17. The Hall–Kier alpha value is -1.70. The van der Waals surface area contributed by atoms with Crippen molar-refractivity contribution in [2.45, 2.75) is 10.9 Å². The number of hydrogen-bond donors (Lipinski definition) is 1. The number of sulfonamides is 1. The molecule has 6 nitrogen and oxygen atoms in total. The van der Waals surface area contributed by atoms with E-state index in [4.69, 9.17) is 11.6 Å². The number of aromatic nitrogens is 2. The fourth-order valence-electron chi connectivity index (χ4n) is 2.07. The fourth-order valence-corrected chi connectivity index (χ4v) is 4.10. The number of rotatable bonds is 4. The molecule has 1 fully saturated rings. The SMILES string of the molecule is O=S(=O)(c1ccccc1Cl)N1CC(Nc2ncccn2)C1. The summed E-state index contributed by atoms with van der Waals surface area (Å²) in [6, 6.07) is 8.17. The summed E-state index contributed by atoms with van der Waals surface area (Å²) in [6.07, 6.45) is 3.26. The molecule has 0 saturated carbocycles. The molecule has 1 aromatic carbocycles. The monoisotopic (exact) mass is 324 g/mol. The van der Waals surface area contributed by atoms with Gasteiger partial charge in [0.05, 0.1) is 11.1 Å². The van der Waals surface area contributed by atoms with Gasteiger partial charge in [-0.25, -0.2) is 18.4 Å². The van der Waals surface area contributed by atoms with Crippen LogP contribution in [0.1, 0.15) is 0 Å². The summed E-state index contributed by atoms with van der Waals surface area (Å²) in [4.78, 5) is 8.24.